The average Bonchev–Trinajstić information content (AvgIpc) is 2.66. The summed E-state index contributed by atoms with van der Waals surface area (Å²) in [5.74, 6) is 1.76. The van der Waals surface area contributed by atoms with Crippen LogP contribution in [0.5, 0.6) is 0 Å². The number of amidine groups is 1. The Morgan fingerprint density at radius 1 is 1.56 bits per heavy atom. The summed E-state index contributed by atoms with van der Waals surface area (Å²) >= 11 is 1.85. The normalized spacial score (nSPS) is 35.2. The van der Waals surface area contributed by atoms with E-state index in [1.165, 1.54) is 6.42 Å². The summed E-state index contributed by atoms with van der Waals surface area (Å²) in [4.78, 5) is 4.74. The first-order valence-electron chi connectivity index (χ1n) is 6.16. The molecule has 0 amide bonds. The van der Waals surface area contributed by atoms with Crippen LogP contribution in [-0.2, 0) is 4.74 Å². The van der Waals surface area contributed by atoms with Crippen molar-refractivity contribution in [3.63, 3.8) is 0 Å². The third-order valence-electron chi connectivity index (χ3n) is 3.29. The van der Waals surface area contributed by atoms with Crippen molar-refractivity contribution >= 4 is 16.9 Å². The quantitative estimate of drug-likeness (QED) is 0.806. The fourth-order valence-electron chi connectivity index (χ4n) is 2.09. The van der Waals surface area contributed by atoms with E-state index in [2.05, 4.69) is 26.1 Å². The monoisotopic (exact) mass is 242 g/mol. The SMILES string of the molecule is CC(C)C1CSC(NC2(C)CCCOC2)=N1. The minimum absolute atomic E-state index is 0.0932. The predicted molar refractivity (Wildman–Crippen MR) is 70.1 cm³/mol. The lowest BCUT2D eigenvalue weighted by atomic mass is 9.95. The maximum absolute atomic E-state index is 5.54. The molecular weight excluding hydrogens is 220 g/mol. The van der Waals surface area contributed by atoms with Gasteiger partial charge in [-0.1, -0.05) is 25.6 Å². The molecule has 0 aromatic heterocycles. The van der Waals surface area contributed by atoms with Crippen LogP contribution in [0.25, 0.3) is 0 Å². The molecule has 4 heteroatoms. The van der Waals surface area contributed by atoms with Crippen molar-refractivity contribution in [2.75, 3.05) is 19.0 Å². The Morgan fingerprint density at radius 2 is 2.38 bits per heavy atom. The molecule has 2 aliphatic heterocycles. The number of ether oxygens (including phenoxy) is 1. The van der Waals surface area contributed by atoms with Gasteiger partial charge in [0.1, 0.15) is 0 Å². The van der Waals surface area contributed by atoms with E-state index in [1.54, 1.807) is 0 Å². The summed E-state index contributed by atoms with van der Waals surface area (Å²) in [6, 6.07) is 0.487. The van der Waals surface area contributed by atoms with Crippen LogP contribution in [0.15, 0.2) is 4.99 Å². The first-order chi connectivity index (χ1) is 7.59. The molecule has 92 valence electrons. The fourth-order valence-corrected chi connectivity index (χ4v) is 3.41. The first kappa shape index (κ1) is 12.2. The second-order valence-corrected chi connectivity index (χ2v) is 6.41. The Hall–Kier alpha value is -0.220. The van der Waals surface area contributed by atoms with Crippen molar-refractivity contribution < 1.29 is 4.74 Å². The summed E-state index contributed by atoms with van der Waals surface area (Å²) in [6.07, 6.45) is 2.33. The molecule has 0 spiro atoms. The van der Waals surface area contributed by atoms with E-state index < -0.39 is 0 Å². The Bertz CT molecular complexity index is 272. The van der Waals surface area contributed by atoms with E-state index in [0.29, 0.717) is 12.0 Å². The van der Waals surface area contributed by atoms with Gasteiger partial charge in [-0.25, -0.2) is 0 Å². The van der Waals surface area contributed by atoms with Crippen LogP contribution in [0.4, 0.5) is 0 Å². The molecule has 1 saturated heterocycles. The number of thioether (sulfide) groups is 1. The molecule has 2 aliphatic rings. The number of nitrogens with one attached hydrogen (secondary N) is 1. The minimum atomic E-state index is 0.0932. The minimum Gasteiger partial charge on any atom is -0.379 e. The van der Waals surface area contributed by atoms with Crippen molar-refractivity contribution in [1.82, 2.24) is 5.32 Å². The highest BCUT2D eigenvalue weighted by Crippen LogP contribution is 2.25. The molecule has 0 radical (unpaired) electrons. The number of nitrogens with zero attached hydrogens (tertiary/aromatic N) is 1. The molecule has 0 aromatic rings. The maximum Gasteiger partial charge on any atom is 0.157 e. The largest absolute Gasteiger partial charge is 0.379 e. The molecule has 0 bridgehead atoms. The summed E-state index contributed by atoms with van der Waals surface area (Å²) in [6.45, 7) is 8.43. The van der Waals surface area contributed by atoms with E-state index in [-0.39, 0.29) is 5.54 Å². The zero-order valence-corrected chi connectivity index (χ0v) is 11.3. The van der Waals surface area contributed by atoms with Crippen LogP contribution in [0.3, 0.4) is 0 Å². The molecule has 2 atom stereocenters. The zero-order valence-electron chi connectivity index (χ0n) is 10.5. The molecule has 2 unspecified atom stereocenters. The van der Waals surface area contributed by atoms with Gasteiger partial charge in [-0.05, 0) is 25.7 Å². The highest BCUT2D eigenvalue weighted by atomic mass is 32.2. The molecule has 0 aromatic carbocycles. The predicted octanol–water partition coefficient (Wildman–Crippen LogP) is 2.27. The molecule has 2 rings (SSSR count). The van der Waals surface area contributed by atoms with Crippen LogP contribution >= 0.6 is 11.8 Å². The Morgan fingerprint density at radius 3 is 2.94 bits per heavy atom. The van der Waals surface area contributed by atoms with Crippen molar-refractivity contribution in [3.8, 4) is 0 Å². The topological polar surface area (TPSA) is 33.6 Å². The van der Waals surface area contributed by atoms with Crippen molar-refractivity contribution in [3.05, 3.63) is 0 Å². The molecule has 0 aliphatic carbocycles. The lowest BCUT2D eigenvalue weighted by Crippen LogP contribution is -2.50. The first-order valence-corrected chi connectivity index (χ1v) is 7.14. The standard InChI is InChI=1S/C12H22N2OS/c1-9(2)10-7-16-11(13-10)14-12(3)5-4-6-15-8-12/h9-10H,4-8H2,1-3H3,(H,13,14). The second-order valence-electron chi connectivity index (χ2n) is 5.40. The van der Waals surface area contributed by atoms with Crippen molar-refractivity contribution in [2.24, 2.45) is 10.9 Å². The van der Waals surface area contributed by atoms with Crippen molar-refractivity contribution in [1.29, 1.82) is 0 Å². The highest BCUT2D eigenvalue weighted by molar-refractivity contribution is 8.14. The Kier molecular flexibility index (Phi) is 3.80. The number of hydrogen-bond donors (Lipinski definition) is 1. The third kappa shape index (κ3) is 2.92. The summed E-state index contributed by atoms with van der Waals surface area (Å²) in [5, 5.41) is 4.68. The van der Waals surface area contributed by atoms with Gasteiger partial charge in [0.25, 0.3) is 0 Å². The third-order valence-corrected chi connectivity index (χ3v) is 4.28. The number of rotatable bonds is 2. The van der Waals surface area contributed by atoms with E-state index in [9.17, 15) is 0 Å². The van der Waals surface area contributed by atoms with Gasteiger partial charge in [-0.3, -0.25) is 4.99 Å². The molecular formula is C12H22N2OS. The van der Waals surface area contributed by atoms with Gasteiger partial charge in [-0.15, -0.1) is 0 Å². The van der Waals surface area contributed by atoms with Gasteiger partial charge in [-0.2, -0.15) is 0 Å². The van der Waals surface area contributed by atoms with E-state index >= 15 is 0 Å². The molecule has 2 heterocycles. The molecule has 1 fully saturated rings. The van der Waals surface area contributed by atoms with Crippen LogP contribution in [0.2, 0.25) is 0 Å². The van der Waals surface area contributed by atoms with Gasteiger partial charge in [0, 0.05) is 12.4 Å². The van der Waals surface area contributed by atoms with Crippen LogP contribution in [0.1, 0.15) is 33.6 Å². The zero-order chi connectivity index (χ0) is 11.6. The van der Waals surface area contributed by atoms with Crippen LogP contribution < -0.4 is 5.32 Å². The molecule has 0 saturated carbocycles. The number of aliphatic imine (C=N–C) groups is 1. The lowest BCUT2D eigenvalue weighted by molar-refractivity contribution is 0.0375. The van der Waals surface area contributed by atoms with Gasteiger partial charge >= 0.3 is 0 Å². The van der Waals surface area contributed by atoms with Gasteiger partial charge in [0.15, 0.2) is 5.17 Å². The smallest absolute Gasteiger partial charge is 0.157 e. The van der Waals surface area contributed by atoms with Crippen LogP contribution in [-0.4, -0.2) is 35.7 Å². The van der Waals surface area contributed by atoms with Gasteiger partial charge in [0.05, 0.1) is 18.2 Å². The van der Waals surface area contributed by atoms with E-state index in [4.69, 9.17) is 9.73 Å². The number of hydrogen-bond acceptors (Lipinski definition) is 4. The van der Waals surface area contributed by atoms with E-state index in [0.717, 1.165) is 30.6 Å². The second kappa shape index (κ2) is 4.96. The fraction of sp³-hybridized carbons (Fsp3) is 0.917. The molecule has 16 heavy (non-hydrogen) atoms. The van der Waals surface area contributed by atoms with Gasteiger partial charge < -0.3 is 10.1 Å². The van der Waals surface area contributed by atoms with Crippen LogP contribution in [0, 0.1) is 5.92 Å². The van der Waals surface area contributed by atoms with Crippen molar-refractivity contribution in [2.45, 2.75) is 45.2 Å². The molecule has 3 nitrogen and oxygen atoms in total. The Balaban J connectivity index is 1.92. The lowest BCUT2D eigenvalue weighted by Gasteiger charge is -2.34. The van der Waals surface area contributed by atoms with Gasteiger partial charge in [0.2, 0.25) is 0 Å². The average molecular weight is 242 g/mol. The highest BCUT2D eigenvalue weighted by Gasteiger charge is 2.31. The maximum atomic E-state index is 5.54. The summed E-state index contributed by atoms with van der Waals surface area (Å²) in [7, 11) is 0. The van der Waals surface area contributed by atoms with E-state index in [1.807, 2.05) is 11.8 Å². The summed E-state index contributed by atoms with van der Waals surface area (Å²) < 4.78 is 5.54. The Labute approximate surface area is 102 Å². The summed E-state index contributed by atoms with van der Waals surface area (Å²) in [5.41, 5.74) is 0.0932. The molecule has 1 N–H and O–H groups in total.